The van der Waals surface area contributed by atoms with E-state index in [1.165, 1.54) is 0 Å². The van der Waals surface area contributed by atoms with Gasteiger partial charge >= 0.3 is 0 Å². The highest BCUT2D eigenvalue weighted by Crippen LogP contribution is 2.25. The van der Waals surface area contributed by atoms with Crippen LogP contribution in [0.1, 0.15) is 50.2 Å². The zero-order chi connectivity index (χ0) is 15.8. The van der Waals surface area contributed by atoms with Gasteiger partial charge in [0.15, 0.2) is 0 Å². The lowest BCUT2D eigenvalue weighted by molar-refractivity contribution is -0.116. The fourth-order valence-electron chi connectivity index (χ4n) is 2.56. The fraction of sp³-hybridized carbons (Fsp3) is 0.588. The molecule has 1 unspecified atom stereocenters. The first kappa shape index (κ1) is 17.5. The number of aryl methyl sites for hydroxylation is 2. The second-order valence-electron chi connectivity index (χ2n) is 5.77. The number of rotatable bonds is 8. The number of hydrogen-bond donors (Lipinski definition) is 3. The van der Waals surface area contributed by atoms with Crippen molar-refractivity contribution in [3.63, 3.8) is 0 Å². The zero-order valence-electron chi connectivity index (χ0n) is 13.4. The van der Waals surface area contributed by atoms with E-state index in [0.29, 0.717) is 18.9 Å². The average Bonchev–Trinajstić information content (AvgIpc) is 2.42. The van der Waals surface area contributed by atoms with Crippen LogP contribution in [-0.2, 0) is 4.79 Å². The van der Waals surface area contributed by atoms with Crippen LogP contribution in [0.5, 0.6) is 5.75 Å². The first-order valence-corrected chi connectivity index (χ1v) is 7.78. The second kappa shape index (κ2) is 8.67. The van der Waals surface area contributed by atoms with Crippen molar-refractivity contribution in [3.05, 3.63) is 23.3 Å². The van der Waals surface area contributed by atoms with Gasteiger partial charge in [0, 0.05) is 12.1 Å². The monoisotopic (exact) mass is 292 g/mol. The number of benzene rings is 1. The summed E-state index contributed by atoms with van der Waals surface area (Å²) < 4.78 is 0. The number of carbonyl (C=O) groups excluding carboxylic acids is 1. The summed E-state index contributed by atoms with van der Waals surface area (Å²) in [5, 5.41) is 12.6. The molecule has 0 aliphatic rings. The van der Waals surface area contributed by atoms with E-state index in [-0.39, 0.29) is 11.7 Å². The Kier molecular flexibility index (Phi) is 7.23. The van der Waals surface area contributed by atoms with Gasteiger partial charge in [-0.1, -0.05) is 19.8 Å². The predicted molar refractivity (Wildman–Crippen MR) is 87.5 cm³/mol. The van der Waals surface area contributed by atoms with Crippen molar-refractivity contribution in [2.75, 3.05) is 11.9 Å². The molecule has 0 fully saturated rings. The molecule has 21 heavy (non-hydrogen) atoms. The highest BCUT2D eigenvalue weighted by atomic mass is 16.3. The van der Waals surface area contributed by atoms with Crippen LogP contribution in [0.3, 0.4) is 0 Å². The van der Waals surface area contributed by atoms with Crippen LogP contribution in [0.4, 0.5) is 5.69 Å². The van der Waals surface area contributed by atoms with Crippen LogP contribution in [0, 0.1) is 19.8 Å². The molecule has 4 N–H and O–H groups in total. The van der Waals surface area contributed by atoms with Gasteiger partial charge in [0.1, 0.15) is 5.75 Å². The van der Waals surface area contributed by atoms with E-state index in [4.69, 9.17) is 5.73 Å². The molecule has 0 bridgehead atoms. The number of anilines is 1. The van der Waals surface area contributed by atoms with Gasteiger partial charge in [0.05, 0.1) is 0 Å². The van der Waals surface area contributed by atoms with Crippen LogP contribution in [0.15, 0.2) is 12.1 Å². The maximum absolute atomic E-state index is 12.1. The second-order valence-corrected chi connectivity index (χ2v) is 5.77. The molecule has 0 spiro atoms. The molecule has 0 heterocycles. The minimum Gasteiger partial charge on any atom is -0.508 e. The van der Waals surface area contributed by atoms with Gasteiger partial charge in [0.25, 0.3) is 0 Å². The third-order valence-electron chi connectivity index (χ3n) is 3.87. The summed E-state index contributed by atoms with van der Waals surface area (Å²) in [6.07, 6.45) is 4.64. The van der Waals surface area contributed by atoms with E-state index in [1.807, 2.05) is 19.9 Å². The Morgan fingerprint density at radius 3 is 2.57 bits per heavy atom. The quantitative estimate of drug-likeness (QED) is 0.642. The van der Waals surface area contributed by atoms with E-state index < -0.39 is 0 Å². The first-order valence-electron chi connectivity index (χ1n) is 7.78. The number of phenols is 1. The van der Waals surface area contributed by atoms with Crippen molar-refractivity contribution in [3.8, 4) is 5.75 Å². The third kappa shape index (κ3) is 5.76. The number of aromatic hydroxyl groups is 1. The molecule has 118 valence electrons. The van der Waals surface area contributed by atoms with Gasteiger partial charge in [0.2, 0.25) is 5.91 Å². The SMILES string of the molecule is CCCC(CCN)CCC(=O)Nc1cc(C)c(O)cc1C. The lowest BCUT2D eigenvalue weighted by atomic mass is 9.94. The van der Waals surface area contributed by atoms with E-state index in [2.05, 4.69) is 12.2 Å². The number of nitrogens with two attached hydrogens (primary N) is 1. The average molecular weight is 292 g/mol. The summed E-state index contributed by atoms with van der Waals surface area (Å²) >= 11 is 0. The Hall–Kier alpha value is -1.55. The maximum Gasteiger partial charge on any atom is 0.224 e. The minimum atomic E-state index is 0.0290. The molecule has 4 heteroatoms. The molecular weight excluding hydrogens is 264 g/mol. The van der Waals surface area contributed by atoms with E-state index >= 15 is 0 Å². The molecule has 1 rings (SSSR count). The summed E-state index contributed by atoms with van der Waals surface area (Å²) in [5.41, 5.74) is 8.04. The number of nitrogens with one attached hydrogen (secondary N) is 1. The topological polar surface area (TPSA) is 75.4 Å². The highest BCUT2D eigenvalue weighted by Gasteiger charge is 2.12. The van der Waals surface area contributed by atoms with Crippen molar-refractivity contribution < 1.29 is 9.90 Å². The molecule has 1 atom stereocenters. The molecule has 1 amide bonds. The summed E-state index contributed by atoms with van der Waals surface area (Å²) in [7, 11) is 0. The van der Waals surface area contributed by atoms with Crippen LogP contribution in [0.2, 0.25) is 0 Å². The Balaban J connectivity index is 2.55. The van der Waals surface area contributed by atoms with Crippen molar-refractivity contribution in [1.29, 1.82) is 0 Å². The van der Waals surface area contributed by atoms with Crippen LogP contribution >= 0.6 is 0 Å². The van der Waals surface area contributed by atoms with Crippen LogP contribution in [0.25, 0.3) is 0 Å². The largest absolute Gasteiger partial charge is 0.508 e. The van der Waals surface area contributed by atoms with Gasteiger partial charge in [-0.15, -0.1) is 0 Å². The summed E-state index contributed by atoms with van der Waals surface area (Å²) in [6, 6.07) is 3.49. The summed E-state index contributed by atoms with van der Waals surface area (Å²) in [4.78, 5) is 12.1. The molecule has 0 aliphatic carbocycles. The Morgan fingerprint density at radius 1 is 1.24 bits per heavy atom. The molecule has 0 aliphatic heterocycles. The molecule has 0 saturated heterocycles. The zero-order valence-corrected chi connectivity index (χ0v) is 13.4. The third-order valence-corrected chi connectivity index (χ3v) is 3.87. The molecule has 1 aromatic carbocycles. The first-order chi connectivity index (χ1) is 9.97. The molecule has 4 nitrogen and oxygen atoms in total. The summed E-state index contributed by atoms with van der Waals surface area (Å²) in [6.45, 7) is 6.54. The molecule has 0 aromatic heterocycles. The normalized spacial score (nSPS) is 12.2. The van der Waals surface area contributed by atoms with Crippen molar-refractivity contribution in [2.45, 2.75) is 52.9 Å². The molecule has 1 aromatic rings. The Morgan fingerprint density at radius 2 is 1.95 bits per heavy atom. The van der Waals surface area contributed by atoms with Crippen molar-refractivity contribution in [1.82, 2.24) is 0 Å². The maximum atomic E-state index is 12.1. The van der Waals surface area contributed by atoms with E-state index in [9.17, 15) is 9.90 Å². The number of hydrogen-bond acceptors (Lipinski definition) is 3. The standard InChI is InChI=1S/C17H28N2O2/c1-4-5-14(8-9-18)6-7-17(21)19-15-10-13(3)16(20)11-12(15)2/h10-11,14,20H,4-9,18H2,1-3H3,(H,19,21). The Bertz CT molecular complexity index is 466. The van der Waals surface area contributed by atoms with Crippen molar-refractivity contribution >= 4 is 11.6 Å². The van der Waals surface area contributed by atoms with Crippen LogP contribution in [-0.4, -0.2) is 17.6 Å². The molecule has 0 saturated carbocycles. The van der Waals surface area contributed by atoms with Gasteiger partial charge in [-0.3, -0.25) is 4.79 Å². The number of carbonyl (C=O) groups is 1. The van der Waals surface area contributed by atoms with Crippen molar-refractivity contribution in [2.24, 2.45) is 11.7 Å². The predicted octanol–water partition coefficient (Wildman–Crippen LogP) is 3.49. The molecule has 0 radical (unpaired) electrons. The number of phenolic OH excluding ortho intramolecular Hbond substituents is 1. The smallest absolute Gasteiger partial charge is 0.224 e. The Labute approximate surface area is 127 Å². The van der Waals surface area contributed by atoms with E-state index in [0.717, 1.165) is 42.5 Å². The van der Waals surface area contributed by atoms with Gasteiger partial charge in [-0.25, -0.2) is 0 Å². The lowest BCUT2D eigenvalue weighted by Crippen LogP contribution is -2.16. The fourth-order valence-corrected chi connectivity index (χ4v) is 2.56. The van der Waals surface area contributed by atoms with Crippen LogP contribution < -0.4 is 11.1 Å². The number of amides is 1. The minimum absolute atomic E-state index is 0.0290. The van der Waals surface area contributed by atoms with Gasteiger partial charge < -0.3 is 16.2 Å². The lowest BCUT2D eigenvalue weighted by Gasteiger charge is -2.15. The van der Waals surface area contributed by atoms with Gasteiger partial charge in [-0.2, -0.15) is 0 Å². The summed E-state index contributed by atoms with van der Waals surface area (Å²) in [5.74, 6) is 0.825. The molecular formula is C17H28N2O2. The van der Waals surface area contributed by atoms with Gasteiger partial charge in [-0.05, 0) is 62.4 Å². The highest BCUT2D eigenvalue weighted by molar-refractivity contribution is 5.91. The van der Waals surface area contributed by atoms with E-state index in [1.54, 1.807) is 6.07 Å².